The zero-order chi connectivity index (χ0) is 15.0. The summed E-state index contributed by atoms with van der Waals surface area (Å²) in [6.07, 6.45) is -1.13. The van der Waals surface area contributed by atoms with Crippen LogP contribution in [0.2, 0.25) is 0 Å². The van der Waals surface area contributed by atoms with Gasteiger partial charge in [0.05, 0.1) is 5.92 Å². The van der Waals surface area contributed by atoms with E-state index in [1.807, 2.05) is 0 Å². The molecule has 1 amide bonds. The van der Waals surface area contributed by atoms with Gasteiger partial charge in [-0.15, -0.1) is 0 Å². The van der Waals surface area contributed by atoms with Gasteiger partial charge in [0.2, 0.25) is 0 Å². The number of likely N-dealkylation sites (tertiary alicyclic amines) is 1. The maximum atomic E-state index is 11.8. The van der Waals surface area contributed by atoms with E-state index in [9.17, 15) is 9.59 Å². The molecule has 1 aliphatic rings. The summed E-state index contributed by atoms with van der Waals surface area (Å²) in [5, 5.41) is 36.3. The summed E-state index contributed by atoms with van der Waals surface area (Å²) in [5.41, 5.74) is -0.799. The summed E-state index contributed by atoms with van der Waals surface area (Å²) in [4.78, 5) is 23.8. The number of ether oxygens (including phenoxy) is 1. The van der Waals surface area contributed by atoms with Gasteiger partial charge in [0, 0.05) is 6.54 Å². The van der Waals surface area contributed by atoms with Crippen LogP contribution >= 0.6 is 0 Å². The smallest absolute Gasteiger partial charge is 0.411 e. The summed E-state index contributed by atoms with van der Waals surface area (Å²) in [6.45, 7) is 4.57. The normalized spacial score (nSPS) is 24.4. The van der Waals surface area contributed by atoms with Crippen LogP contribution in [-0.4, -0.2) is 61.5 Å². The second kappa shape index (κ2) is 4.95. The first-order valence-electron chi connectivity index (χ1n) is 5.81. The zero-order valence-electron chi connectivity index (χ0n) is 11.0. The number of amides is 1. The van der Waals surface area contributed by atoms with Crippen LogP contribution in [-0.2, 0) is 9.53 Å². The third-order valence-electron chi connectivity index (χ3n) is 2.76. The molecule has 4 N–H and O–H groups in total. The van der Waals surface area contributed by atoms with Gasteiger partial charge in [0.25, 0.3) is 5.97 Å². The maximum Gasteiger partial charge on any atom is 0.411 e. The second-order valence-corrected chi connectivity index (χ2v) is 5.61. The molecular weight excluding hydrogens is 258 g/mol. The highest BCUT2D eigenvalue weighted by Gasteiger charge is 2.48. The average Bonchev–Trinajstić information content (AvgIpc) is 2.57. The molecule has 1 heterocycles. The van der Waals surface area contributed by atoms with Crippen LogP contribution in [0, 0.1) is 5.92 Å². The minimum atomic E-state index is -3.02. The molecule has 0 spiro atoms. The standard InChI is InChI=1S/C11H19NO7/c1-10(2,3)19-9(15)12-5-6(11(16,17)18)4-7(12)8(13)14/h6-7,16-18H,4-5H2,1-3H3,(H,13,14)/t6-,7-/m0/s1. The average molecular weight is 277 g/mol. The van der Waals surface area contributed by atoms with Crippen molar-refractivity contribution in [1.29, 1.82) is 0 Å². The van der Waals surface area contributed by atoms with Crippen molar-refractivity contribution in [3.63, 3.8) is 0 Å². The number of carboxylic acids is 1. The first kappa shape index (κ1) is 15.7. The number of hydrogen-bond acceptors (Lipinski definition) is 6. The monoisotopic (exact) mass is 277 g/mol. The van der Waals surface area contributed by atoms with Crippen LogP contribution in [0.25, 0.3) is 0 Å². The van der Waals surface area contributed by atoms with Crippen LogP contribution in [0.15, 0.2) is 0 Å². The Balaban J connectivity index is 2.86. The fourth-order valence-electron chi connectivity index (χ4n) is 1.87. The van der Waals surface area contributed by atoms with Gasteiger partial charge < -0.3 is 25.2 Å². The van der Waals surface area contributed by atoms with E-state index in [0.717, 1.165) is 4.90 Å². The Labute approximate surface area is 110 Å². The summed E-state index contributed by atoms with van der Waals surface area (Å²) < 4.78 is 5.04. The van der Waals surface area contributed by atoms with Gasteiger partial charge in [-0.25, -0.2) is 9.59 Å². The number of hydrogen-bond donors (Lipinski definition) is 4. The maximum absolute atomic E-state index is 11.8. The number of nitrogens with zero attached hydrogens (tertiary/aromatic N) is 1. The fourth-order valence-corrected chi connectivity index (χ4v) is 1.87. The van der Waals surface area contributed by atoms with Gasteiger partial charge in [0.1, 0.15) is 11.6 Å². The van der Waals surface area contributed by atoms with Gasteiger partial charge in [0.15, 0.2) is 0 Å². The molecular formula is C11H19NO7. The second-order valence-electron chi connectivity index (χ2n) is 5.61. The van der Waals surface area contributed by atoms with Gasteiger partial charge in [-0.1, -0.05) is 0 Å². The van der Waals surface area contributed by atoms with E-state index < -0.39 is 35.6 Å². The van der Waals surface area contributed by atoms with Crippen molar-refractivity contribution in [2.75, 3.05) is 6.54 Å². The Bertz CT molecular complexity index is 368. The highest BCUT2D eigenvalue weighted by molar-refractivity contribution is 5.81. The molecule has 1 saturated heterocycles. The van der Waals surface area contributed by atoms with Crippen LogP contribution in [0.3, 0.4) is 0 Å². The van der Waals surface area contributed by atoms with Crippen molar-refractivity contribution in [1.82, 2.24) is 4.90 Å². The molecule has 2 atom stereocenters. The largest absolute Gasteiger partial charge is 0.480 e. The molecule has 1 rings (SSSR count). The molecule has 0 saturated carbocycles. The first-order chi connectivity index (χ1) is 8.42. The molecule has 1 aliphatic heterocycles. The van der Waals surface area contributed by atoms with Crippen molar-refractivity contribution in [2.45, 2.75) is 44.8 Å². The van der Waals surface area contributed by atoms with E-state index in [4.69, 9.17) is 25.2 Å². The quantitative estimate of drug-likeness (QED) is 0.493. The first-order valence-corrected chi connectivity index (χ1v) is 5.81. The van der Waals surface area contributed by atoms with Gasteiger partial charge >= 0.3 is 12.1 Å². The predicted octanol–water partition coefficient (Wildman–Crippen LogP) is -0.673. The number of rotatable bonds is 2. The zero-order valence-corrected chi connectivity index (χ0v) is 11.0. The van der Waals surface area contributed by atoms with E-state index in [1.165, 1.54) is 0 Å². The molecule has 0 aromatic heterocycles. The Morgan fingerprint density at radius 1 is 1.21 bits per heavy atom. The molecule has 8 heteroatoms. The number of carbonyl (C=O) groups is 2. The molecule has 0 bridgehead atoms. The summed E-state index contributed by atoms with van der Waals surface area (Å²) in [7, 11) is 0. The van der Waals surface area contributed by atoms with Crippen molar-refractivity contribution < 1.29 is 34.8 Å². The topological polar surface area (TPSA) is 128 Å². The van der Waals surface area contributed by atoms with Crippen molar-refractivity contribution in [3.8, 4) is 0 Å². The lowest BCUT2D eigenvalue weighted by Crippen LogP contribution is -2.44. The van der Waals surface area contributed by atoms with E-state index >= 15 is 0 Å². The molecule has 0 radical (unpaired) electrons. The van der Waals surface area contributed by atoms with E-state index in [-0.39, 0.29) is 13.0 Å². The van der Waals surface area contributed by atoms with Crippen LogP contribution in [0.1, 0.15) is 27.2 Å². The third kappa shape index (κ3) is 4.05. The van der Waals surface area contributed by atoms with Crippen LogP contribution in [0.5, 0.6) is 0 Å². The van der Waals surface area contributed by atoms with Gasteiger partial charge in [-0.05, 0) is 27.2 Å². The van der Waals surface area contributed by atoms with Gasteiger partial charge in [-0.2, -0.15) is 0 Å². The van der Waals surface area contributed by atoms with Crippen LogP contribution < -0.4 is 0 Å². The van der Waals surface area contributed by atoms with Crippen molar-refractivity contribution in [3.05, 3.63) is 0 Å². The lowest BCUT2D eigenvalue weighted by atomic mass is 10.0. The molecule has 8 nitrogen and oxygen atoms in total. The Kier molecular flexibility index (Phi) is 4.08. The highest BCUT2D eigenvalue weighted by Crippen LogP contribution is 2.30. The molecule has 0 aromatic carbocycles. The van der Waals surface area contributed by atoms with Crippen LogP contribution in [0.4, 0.5) is 4.79 Å². The summed E-state index contributed by atoms with van der Waals surface area (Å²) in [6, 6.07) is -1.26. The Morgan fingerprint density at radius 2 is 1.74 bits per heavy atom. The minimum Gasteiger partial charge on any atom is -0.480 e. The SMILES string of the molecule is CC(C)(C)OC(=O)N1C[C@@H](C(O)(O)O)C[C@H]1C(=O)O. The highest BCUT2D eigenvalue weighted by atomic mass is 16.7. The third-order valence-corrected chi connectivity index (χ3v) is 2.76. The van der Waals surface area contributed by atoms with Crippen molar-refractivity contribution >= 4 is 12.1 Å². The fraction of sp³-hybridized carbons (Fsp3) is 0.818. The number of aliphatic hydroxyl groups is 3. The molecule has 1 fully saturated rings. The van der Waals surface area contributed by atoms with E-state index in [1.54, 1.807) is 20.8 Å². The molecule has 0 unspecified atom stereocenters. The number of carboxylic acid groups (broad SMARTS) is 1. The van der Waals surface area contributed by atoms with Gasteiger partial charge in [-0.3, -0.25) is 4.90 Å². The predicted molar refractivity (Wildman–Crippen MR) is 61.9 cm³/mol. The minimum absolute atomic E-state index is 0.266. The summed E-state index contributed by atoms with van der Waals surface area (Å²) in [5.74, 6) is -5.48. The lowest BCUT2D eigenvalue weighted by molar-refractivity contribution is -0.339. The molecule has 19 heavy (non-hydrogen) atoms. The Hall–Kier alpha value is -1.38. The number of aliphatic carboxylic acids is 1. The van der Waals surface area contributed by atoms with E-state index in [2.05, 4.69) is 0 Å². The molecule has 110 valence electrons. The summed E-state index contributed by atoms with van der Waals surface area (Å²) >= 11 is 0. The van der Waals surface area contributed by atoms with E-state index in [0.29, 0.717) is 0 Å². The molecule has 0 aromatic rings. The molecule has 0 aliphatic carbocycles. The van der Waals surface area contributed by atoms with Crippen molar-refractivity contribution in [2.24, 2.45) is 5.92 Å². The number of carbonyl (C=O) groups excluding carboxylic acids is 1. The lowest BCUT2D eigenvalue weighted by Gasteiger charge is -2.27. The Morgan fingerprint density at radius 3 is 2.11 bits per heavy atom.